The summed E-state index contributed by atoms with van der Waals surface area (Å²) >= 11 is 0. The van der Waals surface area contributed by atoms with Crippen molar-refractivity contribution in [3.05, 3.63) is 65.5 Å². The quantitative estimate of drug-likeness (QED) is 0.549. The van der Waals surface area contributed by atoms with E-state index in [-0.39, 0.29) is 6.61 Å². The van der Waals surface area contributed by atoms with Crippen LogP contribution in [0.3, 0.4) is 0 Å². The van der Waals surface area contributed by atoms with Gasteiger partial charge in [0.15, 0.2) is 5.82 Å². The van der Waals surface area contributed by atoms with Crippen molar-refractivity contribution < 1.29 is 5.11 Å². The molecule has 6 heteroatoms. The predicted molar refractivity (Wildman–Crippen MR) is 115 cm³/mol. The van der Waals surface area contributed by atoms with Crippen LogP contribution in [0.4, 0.5) is 5.82 Å². The van der Waals surface area contributed by atoms with Gasteiger partial charge in [0.25, 0.3) is 0 Å². The maximum atomic E-state index is 9.91. The number of imidazole rings is 1. The van der Waals surface area contributed by atoms with Crippen LogP contribution in [-0.2, 0) is 19.7 Å². The van der Waals surface area contributed by atoms with Crippen molar-refractivity contribution in [1.82, 2.24) is 19.4 Å². The Bertz CT molecular complexity index is 1160. The van der Waals surface area contributed by atoms with E-state index in [9.17, 15) is 5.11 Å². The number of aliphatic hydroxyl groups excluding tert-OH is 1. The molecule has 5 rings (SSSR count). The van der Waals surface area contributed by atoms with Crippen LogP contribution in [0.1, 0.15) is 29.8 Å². The molecule has 0 saturated carbocycles. The average molecular weight is 387 g/mol. The van der Waals surface area contributed by atoms with E-state index in [1.807, 2.05) is 24.3 Å². The number of nitrogens with zero attached hydrogens (tertiary/aromatic N) is 4. The van der Waals surface area contributed by atoms with Gasteiger partial charge in [-0.25, -0.2) is 9.97 Å². The third-order valence-corrected chi connectivity index (χ3v) is 5.80. The number of anilines is 1. The predicted octanol–water partition coefficient (Wildman–Crippen LogP) is 3.30. The van der Waals surface area contributed by atoms with Crippen LogP contribution < -0.4 is 5.73 Å². The molecule has 0 bridgehead atoms. The molecule has 29 heavy (non-hydrogen) atoms. The minimum Gasteiger partial charge on any atom is -0.388 e. The van der Waals surface area contributed by atoms with E-state index in [2.05, 4.69) is 43.7 Å². The number of para-hydroxylation sites is 1. The molecule has 1 aliphatic heterocycles. The van der Waals surface area contributed by atoms with Crippen molar-refractivity contribution in [2.75, 3.05) is 18.8 Å². The van der Waals surface area contributed by atoms with Gasteiger partial charge >= 0.3 is 0 Å². The number of likely N-dealkylation sites (tertiary alicyclic amines) is 1. The highest BCUT2D eigenvalue weighted by molar-refractivity contribution is 6.06. The summed E-state index contributed by atoms with van der Waals surface area (Å²) in [7, 11) is 0. The molecule has 2 aromatic heterocycles. The van der Waals surface area contributed by atoms with Crippen molar-refractivity contribution >= 4 is 27.8 Å². The monoisotopic (exact) mass is 387 g/mol. The van der Waals surface area contributed by atoms with E-state index in [0.717, 1.165) is 23.0 Å². The lowest BCUT2D eigenvalue weighted by molar-refractivity contribution is 0.267. The lowest BCUT2D eigenvalue weighted by Gasteiger charge is -2.15. The first-order valence-corrected chi connectivity index (χ1v) is 10.2. The van der Waals surface area contributed by atoms with Gasteiger partial charge in [0.1, 0.15) is 17.9 Å². The topological polar surface area (TPSA) is 80.2 Å². The first-order valence-electron chi connectivity index (χ1n) is 10.2. The van der Waals surface area contributed by atoms with Crippen LogP contribution >= 0.6 is 0 Å². The highest BCUT2D eigenvalue weighted by Gasteiger charge is 2.17. The number of aliphatic hydroxyl groups is 1. The largest absolute Gasteiger partial charge is 0.388 e. The molecule has 0 spiro atoms. The highest BCUT2D eigenvalue weighted by Crippen LogP contribution is 2.29. The van der Waals surface area contributed by atoms with Crippen LogP contribution in [0.15, 0.2) is 48.5 Å². The summed E-state index contributed by atoms with van der Waals surface area (Å²) in [5.41, 5.74) is 11.1. The number of pyridine rings is 1. The van der Waals surface area contributed by atoms with E-state index < -0.39 is 0 Å². The van der Waals surface area contributed by atoms with Gasteiger partial charge in [0.05, 0.1) is 11.0 Å². The Labute approximate surface area is 169 Å². The van der Waals surface area contributed by atoms with E-state index in [4.69, 9.17) is 5.73 Å². The second-order valence-corrected chi connectivity index (χ2v) is 7.78. The maximum absolute atomic E-state index is 9.91. The molecule has 6 nitrogen and oxygen atoms in total. The number of hydrogen-bond acceptors (Lipinski definition) is 5. The Hall–Kier alpha value is -2.96. The normalized spacial score (nSPS) is 14.9. The summed E-state index contributed by atoms with van der Waals surface area (Å²) in [5.74, 6) is 0.999. The summed E-state index contributed by atoms with van der Waals surface area (Å²) < 4.78 is 2.06. The Morgan fingerprint density at radius 3 is 2.31 bits per heavy atom. The molecule has 1 aliphatic rings. The summed E-state index contributed by atoms with van der Waals surface area (Å²) in [4.78, 5) is 11.6. The number of nitrogens with two attached hydrogens (primary N) is 1. The zero-order valence-electron chi connectivity index (χ0n) is 16.4. The molecule has 0 unspecified atom stereocenters. The molecular formula is C23H25N5O. The van der Waals surface area contributed by atoms with Gasteiger partial charge in [-0.05, 0) is 43.1 Å². The minimum absolute atomic E-state index is 0.143. The Kier molecular flexibility index (Phi) is 4.66. The van der Waals surface area contributed by atoms with Crippen molar-refractivity contribution in [3.8, 4) is 0 Å². The molecule has 0 amide bonds. The summed E-state index contributed by atoms with van der Waals surface area (Å²) in [5, 5.41) is 10.9. The lowest BCUT2D eigenvalue weighted by atomic mass is 10.1. The number of aromatic nitrogens is 3. The second-order valence-electron chi connectivity index (χ2n) is 7.78. The Balaban J connectivity index is 1.52. The van der Waals surface area contributed by atoms with Crippen LogP contribution in [-0.4, -0.2) is 37.6 Å². The smallest absolute Gasteiger partial charge is 0.152 e. The second kappa shape index (κ2) is 7.46. The Morgan fingerprint density at radius 2 is 1.59 bits per heavy atom. The van der Waals surface area contributed by atoms with E-state index in [1.165, 1.54) is 37.1 Å². The van der Waals surface area contributed by atoms with E-state index >= 15 is 0 Å². The zero-order valence-corrected chi connectivity index (χ0v) is 16.4. The van der Waals surface area contributed by atoms with Crippen molar-refractivity contribution in [2.24, 2.45) is 0 Å². The van der Waals surface area contributed by atoms with Gasteiger partial charge in [0.2, 0.25) is 0 Å². The molecular weight excluding hydrogens is 362 g/mol. The van der Waals surface area contributed by atoms with Gasteiger partial charge in [0, 0.05) is 18.5 Å². The molecule has 0 aliphatic carbocycles. The van der Waals surface area contributed by atoms with Crippen LogP contribution in [0, 0.1) is 0 Å². The van der Waals surface area contributed by atoms with Gasteiger partial charge in [-0.3, -0.25) is 4.90 Å². The van der Waals surface area contributed by atoms with Gasteiger partial charge in [-0.1, -0.05) is 42.5 Å². The lowest BCUT2D eigenvalue weighted by Crippen LogP contribution is -2.18. The fourth-order valence-corrected chi connectivity index (χ4v) is 4.33. The van der Waals surface area contributed by atoms with Gasteiger partial charge < -0.3 is 15.4 Å². The molecule has 1 saturated heterocycles. The number of fused-ring (bicyclic) bond motifs is 3. The molecule has 4 aromatic rings. The van der Waals surface area contributed by atoms with Crippen LogP contribution in [0.2, 0.25) is 0 Å². The molecule has 3 N–H and O–H groups in total. The summed E-state index contributed by atoms with van der Waals surface area (Å²) in [6.45, 7) is 3.90. The van der Waals surface area contributed by atoms with Crippen molar-refractivity contribution in [1.29, 1.82) is 0 Å². The SMILES string of the molecule is Nc1nc2ccccc2c2c1nc(CO)n2Cc1ccc(CN2CCCC2)cc1. The number of hydrogen-bond donors (Lipinski definition) is 2. The first-order chi connectivity index (χ1) is 14.2. The number of benzene rings is 2. The maximum Gasteiger partial charge on any atom is 0.152 e. The van der Waals surface area contributed by atoms with Crippen molar-refractivity contribution in [3.63, 3.8) is 0 Å². The fraction of sp³-hybridized carbons (Fsp3) is 0.304. The third-order valence-electron chi connectivity index (χ3n) is 5.80. The average Bonchev–Trinajstić information content (AvgIpc) is 3.38. The van der Waals surface area contributed by atoms with Crippen LogP contribution in [0.5, 0.6) is 0 Å². The van der Waals surface area contributed by atoms with E-state index in [0.29, 0.717) is 23.7 Å². The summed E-state index contributed by atoms with van der Waals surface area (Å²) in [6, 6.07) is 16.7. The highest BCUT2D eigenvalue weighted by atomic mass is 16.3. The van der Waals surface area contributed by atoms with Crippen molar-refractivity contribution in [2.45, 2.75) is 32.5 Å². The third kappa shape index (κ3) is 3.34. The minimum atomic E-state index is -0.143. The Morgan fingerprint density at radius 1 is 0.897 bits per heavy atom. The standard InChI is InChI=1S/C23H25N5O/c24-23-21-22(18-5-1-2-6-19(18)25-23)28(20(15-29)26-21)14-17-9-7-16(8-10-17)13-27-11-3-4-12-27/h1-2,5-10,29H,3-4,11-15H2,(H2,24,25). The molecule has 0 radical (unpaired) electrons. The molecule has 3 heterocycles. The molecule has 148 valence electrons. The molecule has 0 atom stereocenters. The van der Waals surface area contributed by atoms with E-state index in [1.54, 1.807) is 0 Å². The first kappa shape index (κ1) is 18.1. The molecule has 2 aromatic carbocycles. The summed E-state index contributed by atoms with van der Waals surface area (Å²) in [6.07, 6.45) is 2.61. The van der Waals surface area contributed by atoms with Gasteiger partial charge in [-0.15, -0.1) is 0 Å². The zero-order chi connectivity index (χ0) is 19.8. The number of rotatable bonds is 5. The number of nitrogen functional groups attached to an aromatic ring is 1. The van der Waals surface area contributed by atoms with Gasteiger partial charge in [-0.2, -0.15) is 0 Å². The fourth-order valence-electron chi connectivity index (χ4n) is 4.33. The molecule has 1 fully saturated rings. The van der Waals surface area contributed by atoms with Crippen LogP contribution in [0.25, 0.3) is 21.9 Å².